The van der Waals surface area contributed by atoms with Gasteiger partial charge in [0.25, 0.3) is 11.1 Å². The third kappa shape index (κ3) is 3.92. The molecule has 0 radical (unpaired) electrons. The minimum absolute atomic E-state index is 0.0914. The first-order valence-corrected chi connectivity index (χ1v) is 10.7. The van der Waals surface area contributed by atoms with E-state index >= 15 is 0 Å². The van der Waals surface area contributed by atoms with Crippen LogP contribution in [0.3, 0.4) is 0 Å². The monoisotopic (exact) mass is 427 g/mol. The van der Waals surface area contributed by atoms with Crippen LogP contribution in [0.2, 0.25) is 0 Å². The minimum Gasteiger partial charge on any atom is -0.318 e. The number of hydrogen-bond donors (Lipinski definition) is 0. The van der Waals surface area contributed by atoms with E-state index < -0.39 is 0 Å². The Kier molecular flexibility index (Phi) is 5.53. The number of benzene rings is 2. The fraction of sp³-hybridized carbons (Fsp3) is 0.160. The zero-order valence-electron chi connectivity index (χ0n) is 17.5. The summed E-state index contributed by atoms with van der Waals surface area (Å²) in [6, 6.07) is 19.4. The van der Waals surface area contributed by atoms with Gasteiger partial charge >= 0.3 is 0 Å². The summed E-state index contributed by atoms with van der Waals surface area (Å²) in [5, 5.41) is 8.96. The van der Waals surface area contributed by atoms with E-state index in [4.69, 9.17) is 0 Å². The van der Waals surface area contributed by atoms with Gasteiger partial charge < -0.3 is 4.57 Å². The number of aryl methyl sites for hydroxylation is 2. The lowest BCUT2D eigenvalue weighted by atomic mass is 10.1. The van der Waals surface area contributed by atoms with E-state index in [1.165, 1.54) is 10.5 Å². The predicted molar refractivity (Wildman–Crippen MR) is 123 cm³/mol. The third-order valence-corrected chi connectivity index (χ3v) is 6.30. The van der Waals surface area contributed by atoms with Gasteiger partial charge in [-0.3, -0.25) is 14.5 Å². The van der Waals surface area contributed by atoms with Crippen molar-refractivity contribution < 1.29 is 9.59 Å². The molecule has 2 heterocycles. The molecule has 6 heteroatoms. The van der Waals surface area contributed by atoms with Gasteiger partial charge in [0.2, 0.25) is 0 Å². The summed E-state index contributed by atoms with van der Waals surface area (Å²) < 4.78 is 2.14. The highest BCUT2D eigenvalue weighted by molar-refractivity contribution is 8.18. The first-order chi connectivity index (χ1) is 14.9. The van der Waals surface area contributed by atoms with Crippen LogP contribution in [-0.4, -0.2) is 20.6 Å². The standard InChI is InChI=1S/C25H21N3O2S/c1-16-8-10-22(11-9-16)28-17(2)12-21(18(28)3)13-23-24(29)27(25(30)31-23)15-20-7-5-4-6-19(20)14-26/h4-13H,15H2,1-3H3/b23-13-. The molecule has 31 heavy (non-hydrogen) atoms. The number of nitrogens with zero attached hydrogens (tertiary/aromatic N) is 3. The molecule has 1 fully saturated rings. The average molecular weight is 428 g/mol. The molecular formula is C25H21N3O2S. The van der Waals surface area contributed by atoms with E-state index in [0.717, 1.165) is 34.4 Å². The fourth-order valence-corrected chi connectivity index (χ4v) is 4.57. The summed E-state index contributed by atoms with van der Waals surface area (Å²) in [5.41, 5.74) is 6.33. The molecule has 4 rings (SSSR count). The molecule has 2 amide bonds. The molecule has 0 atom stereocenters. The lowest BCUT2D eigenvalue weighted by Crippen LogP contribution is -2.27. The van der Waals surface area contributed by atoms with Crippen molar-refractivity contribution in [2.75, 3.05) is 0 Å². The minimum atomic E-state index is -0.331. The first kappa shape index (κ1) is 20.7. The fourth-order valence-electron chi connectivity index (χ4n) is 3.74. The van der Waals surface area contributed by atoms with Crippen molar-refractivity contribution in [3.8, 4) is 11.8 Å². The number of carbonyl (C=O) groups excluding carboxylic acids is 2. The van der Waals surface area contributed by atoms with E-state index in [1.54, 1.807) is 30.3 Å². The van der Waals surface area contributed by atoms with Gasteiger partial charge in [-0.25, -0.2) is 0 Å². The molecule has 1 aliphatic heterocycles. The van der Waals surface area contributed by atoms with Gasteiger partial charge in [0, 0.05) is 17.1 Å². The smallest absolute Gasteiger partial charge is 0.293 e. The molecule has 1 aliphatic rings. The van der Waals surface area contributed by atoms with Crippen LogP contribution in [0.5, 0.6) is 0 Å². The maximum atomic E-state index is 13.0. The molecular weight excluding hydrogens is 406 g/mol. The molecule has 0 spiro atoms. The van der Waals surface area contributed by atoms with E-state index in [-0.39, 0.29) is 17.7 Å². The maximum Gasteiger partial charge on any atom is 0.293 e. The predicted octanol–water partition coefficient (Wildman–Crippen LogP) is 5.51. The number of amides is 2. The number of nitriles is 1. The number of hydrogen-bond acceptors (Lipinski definition) is 4. The van der Waals surface area contributed by atoms with Crippen LogP contribution in [0.25, 0.3) is 11.8 Å². The van der Waals surface area contributed by atoms with E-state index in [1.807, 2.05) is 19.9 Å². The Morgan fingerprint density at radius 1 is 1.03 bits per heavy atom. The Bertz CT molecular complexity index is 1260. The lowest BCUT2D eigenvalue weighted by molar-refractivity contribution is -0.123. The molecule has 0 N–H and O–H groups in total. The van der Waals surface area contributed by atoms with E-state index in [0.29, 0.717) is 16.0 Å². The van der Waals surface area contributed by atoms with Crippen molar-refractivity contribution in [3.63, 3.8) is 0 Å². The van der Waals surface area contributed by atoms with Gasteiger partial charge in [-0.05, 0) is 74.0 Å². The van der Waals surface area contributed by atoms with Gasteiger partial charge in [0.15, 0.2) is 0 Å². The Hall–Kier alpha value is -3.56. The van der Waals surface area contributed by atoms with Crippen LogP contribution in [0.1, 0.15) is 33.6 Å². The SMILES string of the molecule is Cc1ccc(-n2c(C)cc(/C=C3\SC(=O)N(Cc4ccccc4C#N)C3=O)c2C)cc1. The first-order valence-electron chi connectivity index (χ1n) is 9.88. The highest BCUT2D eigenvalue weighted by atomic mass is 32.2. The lowest BCUT2D eigenvalue weighted by Gasteiger charge is -2.13. The van der Waals surface area contributed by atoms with E-state index in [2.05, 4.69) is 41.8 Å². The average Bonchev–Trinajstić information content (AvgIpc) is 3.18. The summed E-state index contributed by atoms with van der Waals surface area (Å²) in [7, 11) is 0. The summed E-state index contributed by atoms with van der Waals surface area (Å²) >= 11 is 0.937. The van der Waals surface area contributed by atoms with Crippen LogP contribution >= 0.6 is 11.8 Å². The molecule has 1 saturated heterocycles. The number of thioether (sulfide) groups is 1. The maximum absolute atomic E-state index is 13.0. The molecule has 0 bridgehead atoms. The number of imide groups is 1. The van der Waals surface area contributed by atoms with Gasteiger partial charge in [-0.2, -0.15) is 5.26 Å². The van der Waals surface area contributed by atoms with Crippen LogP contribution in [-0.2, 0) is 11.3 Å². The van der Waals surface area contributed by atoms with Crippen molar-refractivity contribution >= 4 is 29.0 Å². The van der Waals surface area contributed by atoms with Crippen molar-refractivity contribution in [3.05, 3.63) is 93.1 Å². The molecule has 0 aliphatic carbocycles. The van der Waals surface area contributed by atoms with Crippen LogP contribution < -0.4 is 0 Å². The van der Waals surface area contributed by atoms with Gasteiger partial charge in [0.1, 0.15) is 0 Å². The summed E-state index contributed by atoms with van der Waals surface area (Å²) in [6.45, 7) is 6.17. The number of carbonyl (C=O) groups is 2. The van der Waals surface area contributed by atoms with Crippen LogP contribution in [0, 0.1) is 32.1 Å². The number of aromatic nitrogens is 1. The van der Waals surface area contributed by atoms with Crippen LogP contribution in [0.4, 0.5) is 4.79 Å². The topological polar surface area (TPSA) is 66.1 Å². The van der Waals surface area contributed by atoms with Crippen molar-refractivity contribution in [2.24, 2.45) is 0 Å². The van der Waals surface area contributed by atoms with E-state index in [9.17, 15) is 14.9 Å². The quantitative estimate of drug-likeness (QED) is 0.515. The number of rotatable bonds is 4. The van der Waals surface area contributed by atoms with Gasteiger partial charge in [-0.1, -0.05) is 35.9 Å². The zero-order chi connectivity index (χ0) is 22.1. The van der Waals surface area contributed by atoms with Crippen molar-refractivity contribution in [2.45, 2.75) is 27.3 Å². The zero-order valence-corrected chi connectivity index (χ0v) is 18.4. The molecule has 0 saturated carbocycles. The highest BCUT2D eigenvalue weighted by Gasteiger charge is 2.35. The third-order valence-electron chi connectivity index (χ3n) is 5.39. The Labute approximate surface area is 185 Å². The normalized spacial score (nSPS) is 15.0. The van der Waals surface area contributed by atoms with Crippen molar-refractivity contribution in [1.82, 2.24) is 9.47 Å². The molecule has 154 valence electrons. The summed E-state index contributed by atoms with van der Waals surface area (Å²) in [5.74, 6) is -0.331. The second kappa shape index (κ2) is 8.29. The van der Waals surface area contributed by atoms with Gasteiger partial charge in [0.05, 0.1) is 23.1 Å². The van der Waals surface area contributed by atoms with Gasteiger partial charge in [-0.15, -0.1) is 0 Å². The largest absolute Gasteiger partial charge is 0.318 e. The molecule has 0 unspecified atom stereocenters. The van der Waals surface area contributed by atoms with Crippen LogP contribution in [0.15, 0.2) is 59.5 Å². The molecule has 3 aromatic rings. The summed E-state index contributed by atoms with van der Waals surface area (Å²) in [6.07, 6.45) is 1.79. The molecule has 2 aromatic carbocycles. The second-order valence-electron chi connectivity index (χ2n) is 7.53. The van der Waals surface area contributed by atoms with Crippen molar-refractivity contribution in [1.29, 1.82) is 5.26 Å². The Morgan fingerprint density at radius 2 is 1.74 bits per heavy atom. The molecule has 5 nitrogen and oxygen atoms in total. The molecule has 1 aromatic heterocycles. The second-order valence-corrected chi connectivity index (χ2v) is 8.53. The Balaban J connectivity index is 1.64. The summed E-state index contributed by atoms with van der Waals surface area (Å²) in [4.78, 5) is 27.1. The highest BCUT2D eigenvalue weighted by Crippen LogP contribution is 2.35. The Morgan fingerprint density at radius 3 is 2.45 bits per heavy atom.